The third-order valence-electron chi connectivity index (χ3n) is 7.92. The van der Waals surface area contributed by atoms with Crippen molar-refractivity contribution in [2.75, 3.05) is 0 Å². The molecule has 7 aromatic rings. The SMILES string of the molecule is OC1c2cccc3c(-c4ccccc4)ccc(c23)-c2nc3cc(-c4ccccc4)c(-c4ccccc4)cc3n21. The fourth-order valence-corrected chi connectivity index (χ4v) is 6.14. The van der Waals surface area contributed by atoms with Gasteiger partial charge in [0.05, 0.1) is 11.0 Å². The second-order valence-corrected chi connectivity index (χ2v) is 10.1. The molecular formula is C36H24N2O. The van der Waals surface area contributed by atoms with Crippen molar-refractivity contribution in [1.29, 1.82) is 0 Å². The molecule has 1 atom stereocenters. The Kier molecular flexibility index (Phi) is 4.81. The minimum atomic E-state index is -0.835. The quantitative estimate of drug-likeness (QED) is 0.263. The van der Waals surface area contributed by atoms with Gasteiger partial charge >= 0.3 is 0 Å². The number of fused-ring (bicyclic) bond motifs is 4. The summed E-state index contributed by atoms with van der Waals surface area (Å²) >= 11 is 0. The Hall–Kier alpha value is -4.99. The smallest absolute Gasteiger partial charge is 0.159 e. The molecular weight excluding hydrogens is 476 g/mol. The Morgan fingerprint density at radius 3 is 1.74 bits per heavy atom. The highest BCUT2D eigenvalue weighted by molar-refractivity contribution is 6.08. The van der Waals surface area contributed by atoms with Crippen LogP contribution in [-0.2, 0) is 0 Å². The fourth-order valence-electron chi connectivity index (χ4n) is 6.14. The van der Waals surface area contributed by atoms with E-state index in [2.05, 4.69) is 103 Å². The zero-order valence-corrected chi connectivity index (χ0v) is 21.1. The minimum absolute atomic E-state index is 0.796. The highest BCUT2D eigenvalue weighted by Crippen LogP contribution is 2.46. The van der Waals surface area contributed by atoms with Gasteiger partial charge in [0, 0.05) is 16.5 Å². The summed E-state index contributed by atoms with van der Waals surface area (Å²) in [6.45, 7) is 0. The lowest BCUT2D eigenvalue weighted by atomic mass is 9.89. The van der Waals surface area contributed by atoms with Gasteiger partial charge in [-0.15, -0.1) is 0 Å². The van der Waals surface area contributed by atoms with Gasteiger partial charge in [-0.25, -0.2) is 4.98 Å². The summed E-state index contributed by atoms with van der Waals surface area (Å²) in [4.78, 5) is 5.15. The lowest BCUT2D eigenvalue weighted by Crippen LogP contribution is -2.16. The number of aromatic nitrogens is 2. The first kappa shape index (κ1) is 22.0. The molecule has 0 radical (unpaired) electrons. The number of aliphatic hydroxyl groups is 1. The van der Waals surface area contributed by atoms with Crippen molar-refractivity contribution in [2.45, 2.75) is 6.23 Å². The van der Waals surface area contributed by atoms with Crippen molar-refractivity contribution in [3.63, 3.8) is 0 Å². The molecule has 2 heterocycles. The standard InChI is InChI=1S/C36H24N2O/c39-36-29-18-10-17-27-26(23-11-4-1-5-12-23)19-20-28(34(27)29)35-37-32-21-30(24-13-6-2-7-14-24)31(22-33(32)38(35)36)25-15-8-3-9-16-25/h1-22,36,39H. The normalized spacial score (nSPS) is 14.0. The number of aliphatic hydroxyl groups excluding tert-OH is 1. The van der Waals surface area contributed by atoms with Gasteiger partial charge in [0.1, 0.15) is 5.82 Å². The second-order valence-electron chi connectivity index (χ2n) is 10.1. The molecule has 1 aliphatic rings. The zero-order chi connectivity index (χ0) is 25.9. The topological polar surface area (TPSA) is 38.1 Å². The van der Waals surface area contributed by atoms with Crippen LogP contribution in [0.15, 0.2) is 133 Å². The molecule has 3 nitrogen and oxygen atoms in total. The number of hydrogen-bond acceptors (Lipinski definition) is 2. The summed E-state index contributed by atoms with van der Waals surface area (Å²) in [5, 5.41) is 14.0. The maximum atomic E-state index is 11.8. The number of rotatable bonds is 3. The van der Waals surface area contributed by atoms with E-state index in [1.165, 1.54) is 0 Å². The lowest BCUT2D eigenvalue weighted by Gasteiger charge is -2.26. The average Bonchev–Trinajstić information content (AvgIpc) is 3.39. The molecule has 1 aromatic heterocycles. The summed E-state index contributed by atoms with van der Waals surface area (Å²) in [6.07, 6.45) is -0.835. The first-order chi connectivity index (χ1) is 19.3. The van der Waals surface area contributed by atoms with Gasteiger partial charge in [0.15, 0.2) is 6.23 Å². The number of imidazole rings is 1. The Balaban J connectivity index is 1.42. The first-order valence-corrected chi connectivity index (χ1v) is 13.2. The maximum Gasteiger partial charge on any atom is 0.159 e. The largest absolute Gasteiger partial charge is 0.369 e. The Morgan fingerprint density at radius 1 is 0.538 bits per heavy atom. The van der Waals surface area contributed by atoms with E-state index in [9.17, 15) is 5.11 Å². The molecule has 0 saturated heterocycles. The maximum absolute atomic E-state index is 11.8. The molecule has 184 valence electrons. The van der Waals surface area contributed by atoms with Crippen LogP contribution >= 0.6 is 0 Å². The van der Waals surface area contributed by atoms with Crippen molar-refractivity contribution in [3.05, 3.63) is 139 Å². The number of benzene rings is 6. The van der Waals surface area contributed by atoms with Crippen LogP contribution < -0.4 is 0 Å². The lowest BCUT2D eigenvalue weighted by molar-refractivity contribution is 0.152. The van der Waals surface area contributed by atoms with Crippen LogP contribution in [0.1, 0.15) is 11.8 Å². The van der Waals surface area contributed by atoms with E-state index in [0.717, 1.165) is 72.1 Å². The monoisotopic (exact) mass is 500 g/mol. The van der Waals surface area contributed by atoms with Gasteiger partial charge in [0.25, 0.3) is 0 Å². The van der Waals surface area contributed by atoms with Crippen LogP contribution in [0.3, 0.4) is 0 Å². The van der Waals surface area contributed by atoms with Crippen molar-refractivity contribution in [3.8, 4) is 44.8 Å². The van der Waals surface area contributed by atoms with Crippen molar-refractivity contribution < 1.29 is 5.11 Å². The summed E-state index contributed by atoms with van der Waals surface area (Å²) < 4.78 is 2.00. The molecule has 1 N–H and O–H groups in total. The molecule has 0 saturated carbocycles. The zero-order valence-electron chi connectivity index (χ0n) is 21.1. The predicted octanol–water partition coefficient (Wildman–Crippen LogP) is 8.71. The fraction of sp³-hybridized carbons (Fsp3) is 0.0278. The average molecular weight is 501 g/mol. The molecule has 0 spiro atoms. The van der Waals surface area contributed by atoms with Crippen LogP contribution in [0.25, 0.3) is 66.6 Å². The van der Waals surface area contributed by atoms with E-state index in [1.54, 1.807) is 0 Å². The summed E-state index contributed by atoms with van der Waals surface area (Å²) in [7, 11) is 0. The molecule has 0 aliphatic carbocycles. The van der Waals surface area contributed by atoms with E-state index in [-0.39, 0.29) is 0 Å². The van der Waals surface area contributed by atoms with Crippen LogP contribution in [-0.4, -0.2) is 14.7 Å². The molecule has 0 amide bonds. The number of nitrogens with zero attached hydrogens (tertiary/aromatic N) is 2. The molecule has 1 unspecified atom stereocenters. The molecule has 3 heteroatoms. The molecule has 0 fully saturated rings. The van der Waals surface area contributed by atoms with Gasteiger partial charge in [-0.1, -0.05) is 115 Å². The third kappa shape index (κ3) is 3.30. The third-order valence-corrected chi connectivity index (χ3v) is 7.92. The van der Waals surface area contributed by atoms with Gasteiger partial charge in [0.2, 0.25) is 0 Å². The Bertz CT molecular complexity index is 2010. The summed E-state index contributed by atoms with van der Waals surface area (Å²) in [6, 6.07) is 46.3. The predicted molar refractivity (Wildman–Crippen MR) is 159 cm³/mol. The highest BCUT2D eigenvalue weighted by Gasteiger charge is 2.30. The Morgan fingerprint density at radius 2 is 1.10 bits per heavy atom. The summed E-state index contributed by atoms with van der Waals surface area (Å²) in [5.41, 5.74) is 10.6. The Labute approximate surface area is 226 Å². The van der Waals surface area contributed by atoms with Crippen LogP contribution in [0.4, 0.5) is 0 Å². The van der Waals surface area contributed by atoms with Crippen molar-refractivity contribution >= 4 is 21.8 Å². The van der Waals surface area contributed by atoms with E-state index >= 15 is 0 Å². The van der Waals surface area contributed by atoms with E-state index < -0.39 is 6.23 Å². The van der Waals surface area contributed by atoms with Crippen molar-refractivity contribution in [1.82, 2.24) is 9.55 Å². The van der Waals surface area contributed by atoms with Gasteiger partial charge in [-0.05, 0) is 57.0 Å². The molecule has 6 aromatic carbocycles. The van der Waals surface area contributed by atoms with Gasteiger partial charge < -0.3 is 5.11 Å². The van der Waals surface area contributed by atoms with Crippen LogP contribution in [0.2, 0.25) is 0 Å². The van der Waals surface area contributed by atoms with E-state index in [1.807, 2.05) is 34.9 Å². The highest BCUT2D eigenvalue weighted by atomic mass is 16.3. The van der Waals surface area contributed by atoms with Crippen LogP contribution in [0.5, 0.6) is 0 Å². The first-order valence-electron chi connectivity index (χ1n) is 13.2. The van der Waals surface area contributed by atoms with Crippen molar-refractivity contribution in [2.24, 2.45) is 0 Å². The van der Waals surface area contributed by atoms with Gasteiger partial charge in [-0.2, -0.15) is 0 Å². The molecule has 8 rings (SSSR count). The summed E-state index contributed by atoms with van der Waals surface area (Å²) in [5.74, 6) is 0.796. The van der Waals surface area contributed by atoms with E-state index in [0.29, 0.717) is 0 Å². The van der Waals surface area contributed by atoms with Gasteiger partial charge in [-0.3, -0.25) is 4.57 Å². The van der Waals surface area contributed by atoms with Crippen LogP contribution in [0, 0.1) is 0 Å². The molecule has 0 bridgehead atoms. The second kappa shape index (κ2) is 8.52. The number of hydrogen-bond donors (Lipinski definition) is 1. The van der Waals surface area contributed by atoms with E-state index in [4.69, 9.17) is 4.98 Å². The minimum Gasteiger partial charge on any atom is -0.369 e. The molecule has 1 aliphatic heterocycles. The molecule has 39 heavy (non-hydrogen) atoms.